The van der Waals surface area contributed by atoms with Crippen LogP contribution in [0.2, 0.25) is 0 Å². The molecule has 8 heteroatoms. The lowest BCUT2D eigenvalue weighted by molar-refractivity contribution is -0.142. The normalized spacial score (nSPS) is 18.0. The number of likely N-dealkylation sites (N-methyl/N-ethyl adjacent to an activating group) is 1. The first-order valence-electron chi connectivity index (χ1n) is 11.0. The van der Waals surface area contributed by atoms with Crippen molar-refractivity contribution in [2.24, 2.45) is 0 Å². The molecule has 1 unspecified atom stereocenters. The summed E-state index contributed by atoms with van der Waals surface area (Å²) in [5, 5.41) is 0. The van der Waals surface area contributed by atoms with Crippen molar-refractivity contribution in [3.05, 3.63) is 59.9 Å². The highest BCUT2D eigenvalue weighted by Crippen LogP contribution is 2.44. The lowest BCUT2D eigenvalue weighted by Gasteiger charge is -2.30. The van der Waals surface area contributed by atoms with E-state index in [1.807, 2.05) is 18.2 Å². The molecule has 1 aromatic carbocycles. The van der Waals surface area contributed by atoms with Crippen molar-refractivity contribution < 1.29 is 23.9 Å². The van der Waals surface area contributed by atoms with Gasteiger partial charge in [0, 0.05) is 70.6 Å². The fourth-order valence-electron chi connectivity index (χ4n) is 4.22. The van der Waals surface area contributed by atoms with Crippen LogP contribution in [0.3, 0.4) is 0 Å². The van der Waals surface area contributed by atoms with Crippen molar-refractivity contribution >= 4 is 17.7 Å². The van der Waals surface area contributed by atoms with Crippen LogP contribution in [-0.2, 0) is 31.0 Å². The molecular formula is C25H31N3O5. The Hall–Kier alpha value is -3.26. The van der Waals surface area contributed by atoms with Crippen LogP contribution < -0.4 is 4.74 Å². The van der Waals surface area contributed by atoms with E-state index < -0.39 is 5.41 Å². The molecule has 1 fully saturated rings. The molecule has 0 saturated carbocycles. The number of likely N-dealkylation sites (tertiary alicyclic amines) is 1. The van der Waals surface area contributed by atoms with E-state index in [4.69, 9.17) is 9.47 Å². The van der Waals surface area contributed by atoms with E-state index in [0.29, 0.717) is 37.3 Å². The smallest absolute Gasteiger partial charge is 0.241 e. The van der Waals surface area contributed by atoms with Crippen molar-refractivity contribution in [3.8, 4) is 5.75 Å². The number of nitrogens with zero attached hydrogens (tertiary/aromatic N) is 3. The van der Waals surface area contributed by atoms with Gasteiger partial charge in [0.05, 0.1) is 12.5 Å². The largest absolute Gasteiger partial charge is 0.496 e. The summed E-state index contributed by atoms with van der Waals surface area (Å²) in [5.41, 5.74) is 0.146. The molecule has 1 aliphatic heterocycles. The number of carbonyl (C=O) groups excluding carboxylic acids is 3. The molecule has 1 saturated heterocycles. The maximum Gasteiger partial charge on any atom is 0.241 e. The Morgan fingerprint density at radius 1 is 1.15 bits per heavy atom. The molecule has 2 heterocycles. The van der Waals surface area contributed by atoms with Crippen LogP contribution in [0.5, 0.6) is 5.75 Å². The summed E-state index contributed by atoms with van der Waals surface area (Å²) >= 11 is 0. The molecule has 3 amide bonds. The summed E-state index contributed by atoms with van der Waals surface area (Å²) in [5.74, 6) is -0.372. The Balaban J connectivity index is 1.86. The quantitative estimate of drug-likeness (QED) is 0.383. The van der Waals surface area contributed by atoms with E-state index in [1.54, 1.807) is 49.5 Å². The van der Waals surface area contributed by atoms with E-state index in [2.05, 4.69) is 4.98 Å². The second-order valence-electron chi connectivity index (χ2n) is 8.22. The molecule has 1 atom stereocenters. The zero-order chi connectivity index (χ0) is 23.8. The summed E-state index contributed by atoms with van der Waals surface area (Å²) < 4.78 is 10.6. The van der Waals surface area contributed by atoms with Gasteiger partial charge in [-0.25, -0.2) is 0 Å². The third kappa shape index (κ3) is 5.39. The van der Waals surface area contributed by atoms with Crippen LogP contribution in [-0.4, -0.2) is 73.5 Å². The average molecular weight is 454 g/mol. The Labute approximate surface area is 194 Å². The number of ether oxygens (including phenoxy) is 2. The number of aromatic nitrogens is 1. The van der Waals surface area contributed by atoms with Crippen molar-refractivity contribution in [2.45, 2.75) is 31.1 Å². The SMILES string of the molecule is COCCCN1C(=O)CC(CC(=O)N(C)CCc2ccccn2)(c2ccccc2OC)C1=O. The lowest BCUT2D eigenvalue weighted by atomic mass is 9.75. The number of hydrogen-bond donors (Lipinski definition) is 0. The van der Waals surface area contributed by atoms with Crippen LogP contribution in [0.25, 0.3) is 0 Å². The van der Waals surface area contributed by atoms with Crippen LogP contribution in [0.15, 0.2) is 48.7 Å². The highest BCUT2D eigenvalue weighted by molar-refractivity contribution is 6.11. The molecule has 33 heavy (non-hydrogen) atoms. The molecule has 1 aromatic heterocycles. The fourth-order valence-corrected chi connectivity index (χ4v) is 4.22. The predicted octanol–water partition coefficient (Wildman–Crippen LogP) is 2.21. The van der Waals surface area contributed by atoms with Crippen molar-refractivity contribution in [3.63, 3.8) is 0 Å². The number of pyridine rings is 1. The minimum atomic E-state index is -1.30. The number of imide groups is 1. The number of para-hydroxylation sites is 1. The highest BCUT2D eigenvalue weighted by atomic mass is 16.5. The lowest BCUT2D eigenvalue weighted by Crippen LogP contribution is -2.43. The van der Waals surface area contributed by atoms with Crippen LogP contribution in [0.4, 0.5) is 0 Å². The van der Waals surface area contributed by atoms with Gasteiger partial charge in [-0.05, 0) is 24.6 Å². The van der Waals surface area contributed by atoms with E-state index in [9.17, 15) is 14.4 Å². The summed E-state index contributed by atoms with van der Waals surface area (Å²) in [4.78, 5) is 47.0. The van der Waals surface area contributed by atoms with E-state index >= 15 is 0 Å². The number of hydrogen-bond acceptors (Lipinski definition) is 6. The first kappa shape index (κ1) is 24.4. The van der Waals surface area contributed by atoms with Crippen LogP contribution >= 0.6 is 0 Å². The molecule has 176 valence electrons. The van der Waals surface area contributed by atoms with Gasteiger partial charge < -0.3 is 14.4 Å². The monoisotopic (exact) mass is 453 g/mol. The van der Waals surface area contributed by atoms with E-state index in [1.165, 1.54) is 12.0 Å². The summed E-state index contributed by atoms with van der Waals surface area (Å²) in [6.07, 6.45) is 2.67. The molecule has 0 spiro atoms. The maximum absolute atomic E-state index is 13.7. The molecular weight excluding hydrogens is 422 g/mol. The predicted molar refractivity (Wildman–Crippen MR) is 123 cm³/mol. The van der Waals surface area contributed by atoms with Gasteiger partial charge in [0.2, 0.25) is 17.7 Å². The topological polar surface area (TPSA) is 89.0 Å². The Morgan fingerprint density at radius 3 is 2.61 bits per heavy atom. The highest BCUT2D eigenvalue weighted by Gasteiger charge is 2.54. The van der Waals surface area contributed by atoms with Gasteiger partial charge >= 0.3 is 0 Å². The van der Waals surface area contributed by atoms with Gasteiger partial charge in [0.25, 0.3) is 0 Å². The van der Waals surface area contributed by atoms with E-state index in [-0.39, 0.29) is 37.1 Å². The first-order chi connectivity index (χ1) is 15.9. The molecule has 0 N–H and O–H groups in total. The van der Waals surface area contributed by atoms with Crippen LogP contribution in [0.1, 0.15) is 30.5 Å². The standard InChI is InChI=1S/C25H31N3O5/c1-27(15-12-19-9-6-7-13-26-19)22(29)17-25(20-10-4-5-11-21(20)33-3)18-23(30)28(24(25)31)14-8-16-32-2/h4-7,9-11,13H,8,12,14-18H2,1-3H3. The Kier molecular flexibility index (Phi) is 8.16. The molecule has 0 bridgehead atoms. The summed E-state index contributed by atoms with van der Waals surface area (Å²) in [6.45, 7) is 1.15. The van der Waals surface area contributed by atoms with Crippen molar-refractivity contribution in [1.82, 2.24) is 14.8 Å². The number of carbonyl (C=O) groups is 3. The van der Waals surface area contributed by atoms with Gasteiger partial charge in [-0.15, -0.1) is 0 Å². The number of amides is 3. The zero-order valence-electron chi connectivity index (χ0n) is 19.5. The molecule has 0 aliphatic carbocycles. The Morgan fingerprint density at radius 2 is 1.91 bits per heavy atom. The van der Waals surface area contributed by atoms with Gasteiger partial charge in [0.15, 0.2) is 0 Å². The number of rotatable bonds is 11. The van der Waals surface area contributed by atoms with Gasteiger partial charge in [-0.3, -0.25) is 24.3 Å². The second-order valence-corrected chi connectivity index (χ2v) is 8.22. The molecule has 0 radical (unpaired) electrons. The minimum Gasteiger partial charge on any atom is -0.496 e. The van der Waals surface area contributed by atoms with Crippen molar-refractivity contribution in [1.29, 1.82) is 0 Å². The minimum absolute atomic E-state index is 0.0704. The number of methoxy groups -OCH3 is 2. The zero-order valence-corrected chi connectivity index (χ0v) is 19.5. The third-order valence-electron chi connectivity index (χ3n) is 6.07. The Bertz CT molecular complexity index is 981. The van der Waals surface area contributed by atoms with Gasteiger partial charge in [-0.2, -0.15) is 0 Å². The fraction of sp³-hybridized carbons (Fsp3) is 0.440. The number of benzene rings is 1. The first-order valence-corrected chi connectivity index (χ1v) is 11.0. The van der Waals surface area contributed by atoms with Crippen LogP contribution in [0, 0.1) is 0 Å². The average Bonchev–Trinajstić information content (AvgIpc) is 3.07. The van der Waals surface area contributed by atoms with Crippen molar-refractivity contribution in [2.75, 3.05) is 41.0 Å². The van der Waals surface area contributed by atoms with Gasteiger partial charge in [0.1, 0.15) is 5.75 Å². The van der Waals surface area contributed by atoms with Gasteiger partial charge in [-0.1, -0.05) is 24.3 Å². The second kappa shape index (κ2) is 11.0. The molecule has 3 rings (SSSR count). The maximum atomic E-state index is 13.7. The molecule has 2 aromatic rings. The van der Waals surface area contributed by atoms with E-state index in [0.717, 1.165) is 5.69 Å². The third-order valence-corrected chi connectivity index (χ3v) is 6.07. The molecule has 1 aliphatic rings. The summed E-state index contributed by atoms with van der Waals surface area (Å²) in [7, 11) is 4.80. The molecule has 8 nitrogen and oxygen atoms in total. The summed E-state index contributed by atoms with van der Waals surface area (Å²) in [6, 6.07) is 12.8.